The van der Waals surface area contributed by atoms with E-state index in [9.17, 15) is 13.2 Å². The van der Waals surface area contributed by atoms with Gasteiger partial charge in [-0.3, -0.25) is 0 Å². The molecule has 0 spiro atoms. The van der Waals surface area contributed by atoms with E-state index < -0.39 is 12.4 Å². The standard InChI is InChI=1S/C4H2F3N2O/c5-4(6,7)10-3-8-1-2-9-3/h1H,(H,8,9). The van der Waals surface area contributed by atoms with Crippen LogP contribution in [0.25, 0.3) is 0 Å². The molecule has 0 aliphatic heterocycles. The fourth-order valence-electron chi connectivity index (χ4n) is 0.379. The van der Waals surface area contributed by atoms with Crippen LogP contribution in [0.15, 0.2) is 6.20 Å². The van der Waals surface area contributed by atoms with Gasteiger partial charge in [-0.25, -0.2) is 0 Å². The number of hydrogen-bond donors (Lipinski definition) is 1. The van der Waals surface area contributed by atoms with Gasteiger partial charge in [-0.15, -0.1) is 13.2 Å². The van der Waals surface area contributed by atoms with E-state index in [0.717, 1.165) is 6.20 Å². The first-order valence-electron chi connectivity index (χ1n) is 2.25. The Morgan fingerprint density at radius 2 is 2.30 bits per heavy atom. The van der Waals surface area contributed by atoms with Gasteiger partial charge in [0, 0.05) is 6.20 Å². The first-order chi connectivity index (χ1) is 4.58. The summed E-state index contributed by atoms with van der Waals surface area (Å²) >= 11 is 0. The molecule has 0 bridgehead atoms. The second-order valence-corrected chi connectivity index (χ2v) is 1.38. The van der Waals surface area contributed by atoms with E-state index in [1.165, 1.54) is 0 Å². The largest absolute Gasteiger partial charge is 0.575 e. The van der Waals surface area contributed by atoms with E-state index in [1.54, 1.807) is 0 Å². The number of ether oxygens (including phenoxy) is 1. The van der Waals surface area contributed by atoms with Crippen molar-refractivity contribution >= 4 is 0 Å². The maximum Gasteiger partial charge on any atom is 0.575 e. The second-order valence-electron chi connectivity index (χ2n) is 1.38. The Morgan fingerprint density at radius 1 is 1.60 bits per heavy atom. The Labute approximate surface area is 53.8 Å². The molecule has 55 valence electrons. The van der Waals surface area contributed by atoms with E-state index in [-0.39, 0.29) is 0 Å². The lowest BCUT2D eigenvalue weighted by atomic mass is 11.0. The first kappa shape index (κ1) is 6.91. The van der Waals surface area contributed by atoms with Crippen LogP contribution >= 0.6 is 0 Å². The van der Waals surface area contributed by atoms with Gasteiger partial charge in [0.1, 0.15) is 6.20 Å². The predicted octanol–water partition coefficient (Wildman–Crippen LogP) is 1.11. The van der Waals surface area contributed by atoms with E-state index >= 15 is 0 Å². The normalized spacial score (nSPS) is 11.5. The van der Waals surface area contributed by atoms with E-state index in [1.807, 2.05) is 0 Å². The quantitative estimate of drug-likeness (QED) is 0.652. The van der Waals surface area contributed by atoms with Gasteiger partial charge < -0.3 is 9.72 Å². The van der Waals surface area contributed by atoms with Crippen molar-refractivity contribution in [3.8, 4) is 6.01 Å². The molecular weight excluding hydrogens is 149 g/mol. The van der Waals surface area contributed by atoms with Crippen LogP contribution in [0, 0.1) is 6.20 Å². The molecule has 0 aromatic carbocycles. The fourth-order valence-corrected chi connectivity index (χ4v) is 0.379. The number of halogens is 3. The fraction of sp³-hybridized carbons (Fsp3) is 0.250. The van der Waals surface area contributed by atoms with Crippen LogP contribution in [-0.4, -0.2) is 16.3 Å². The van der Waals surface area contributed by atoms with Gasteiger partial charge in [-0.1, -0.05) is 0 Å². The highest BCUT2D eigenvalue weighted by molar-refractivity contribution is 4.91. The third kappa shape index (κ3) is 1.96. The predicted molar refractivity (Wildman–Crippen MR) is 24.1 cm³/mol. The molecule has 1 aromatic rings. The number of rotatable bonds is 1. The van der Waals surface area contributed by atoms with Crippen molar-refractivity contribution < 1.29 is 17.9 Å². The third-order valence-corrected chi connectivity index (χ3v) is 0.639. The van der Waals surface area contributed by atoms with Gasteiger partial charge in [0.25, 0.3) is 0 Å². The topological polar surface area (TPSA) is 37.9 Å². The summed E-state index contributed by atoms with van der Waals surface area (Å²) in [7, 11) is 0. The number of aromatic nitrogens is 2. The summed E-state index contributed by atoms with van der Waals surface area (Å²) in [5, 5.41) is 0. The molecule has 1 heterocycles. The number of H-pyrrole nitrogens is 1. The number of imidazole rings is 1. The molecule has 6 heteroatoms. The Balaban J connectivity index is 2.57. The molecule has 1 N–H and O–H groups in total. The summed E-state index contributed by atoms with van der Waals surface area (Å²) in [5.74, 6) is 0. The second kappa shape index (κ2) is 2.20. The van der Waals surface area contributed by atoms with E-state index in [2.05, 4.69) is 20.9 Å². The highest BCUT2D eigenvalue weighted by atomic mass is 19.4. The molecule has 0 saturated carbocycles. The molecule has 0 aliphatic rings. The summed E-state index contributed by atoms with van der Waals surface area (Å²) in [5.41, 5.74) is 0. The zero-order valence-electron chi connectivity index (χ0n) is 4.57. The summed E-state index contributed by atoms with van der Waals surface area (Å²) in [6, 6.07) is -0.604. The van der Waals surface area contributed by atoms with Crippen LogP contribution in [0.5, 0.6) is 6.01 Å². The van der Waals surface area contributed by atoms with Crippen molar-refractivity contribution in [1.82, 2.24) is 9.97 Å². The van der Waals surface area contributed by atoms with Gasteiger partial charge in [0.15, 0.2) is 0 Å². The van der Waals surface area contributed by atoms with Crippen molar-refractivity contribution in [3.63, 3.8) is 0 Å². The maximum absolute atomic E-state index is 11.3. The van der Waals surface area contributed by atoms with Gasteiger partial charge in [0.05, 0.1) is 0 Å². The van der Waals surface area contributed by atoms with Crippen molar-refractivity contribution in [1.29, 1.82) is 0 Å². The minimum atomic E-state index is -4.69. The molecule has 10 heavy (non-hydrogen) atoms. The summed E-state index contributed by atoms with van der Waals surface area (Å²) < 4.78 is 37.3. The van der Waals surface area contributed by atoms with E-state index in [4.69, 9.17) is 0 Å². The van der Waals surface area contributed by atoms with Gasteiger partial charge in [-0.2, -0.15) is 4.98 Å². The maximum atomic E-state index is 11.3. The average Bonchev–Trinajstić information content (AvgIpc) is 2.12. The average molecular weight is 151 g/mol. The number of aromatic amines is 1. The SMILES string of the molecule is FC(F)(F)Oc1n[c]c[nH]1. The Bertz CT molecular complexity index is 193. The van der Waals surface area contributed by atoms with Gasteiger partial charge in [0.2, 0.25) is 0 Å². The monoisotopic (exact) mass is 151 g/mol. The minimum absolute atomic E-state index is 0.604. The number of hydrogen-bond acceptors (Lipinski definition) is 2. The molecule has 1 aromatic heterocycles. The Hall–Kier alpha value is -1.20. The van der Waals surface area contributed by atoms with Gasteiger partial charge in [-0.05, 0) is 0 Å². The summed E-state index contributed by atoms with van der Waals surface area (Å²) in [6.45, 7) is 0. The van der Waals surface area contributed by atoms with Crippen LogP contribution in [0.4, 0.5) is 13.2 Å². The molecule has 0 aliphatic carbocycles. The molecule has 1 rings (SSSR count). The molecule has 0 amide bonds. The highest BCUT2D eigenvalue weighted by Crippen LogP contribution is 2.17. The molecule has 0 saturated heterocycles. The molecule has 0 fully saturated rings. The van der Waals surface area contributed by atoms with Crippen LogP contribution in [-0.2, 0) is 0 Å². The lowest BCUT2D eigenvalue weighted by molar-refractivity contribution is -0.277. The first-order valence-corrected chi connectivity index (χ1v) is 2.25. The molecular formula is C4H2F3N2O. The van der Waals surface area contributed by atoms with Crippen LogP contribution in [0.1, 0.15) is 0 Å². The van der Waals surface area contributed by atoms with Crippen molar-refractivity contribution in [2.24, 2.45) is 0 Å². The van der Waals surface area contributed by atoms with Crippen molar-refractivity contribution in [3.05, 3.63) is 12.4 Å². The lowest BCUT2D eigenvalue weighted by Gasteiger charge is -2.03. The van der Waals surface area contributed by atoms with Crippen LogP contribution in [0.2, 0.25) is 0 Å². The van der Waals surface area contributed by atoms with E-state index in [0.29, 0.717) is 0 Å². The molecule has 3 nitrogen and oxygen atoms in total. The molecule has 0 unspecified atom stereocenters. The van der Waals surface area contributed by atoms with Gasteiger partial charge >= 0.3 is 12.4 Å². The number of nitrogens with zero attached hydrogens (tertiary/aromatic N) is 1. The van der Waals surface area contributed by atoms with Crippen molar-refractivity contribution in [2.75, 3.05) is 0 Å². The number of nitrogens with one attached hydrogen (secondary N) is 1. The van der Waals surface area contributed by atoms with Crippen LogP contribution in [0.3, 0.4) is 0 Å². The summed E-state index contributed by atoms with van der Waals surface area (Å²) in [4.78, 5) is 5.16. The summed E-state index contributed by atoms with van der Waals surface area (Å²) in [6.07, 6.45) is -1.45. The highest BCUT2D eigenvalue weighted by Gasteiger charge is 2.32. The zero-order valence-corrected chi connectivity index (χ0v) is 4.57. The zero-order chi connectivity index (χ0) is 7.61. The smallest absolute Gasteiger partial charge is 0.372 e. The third-order valence-electron chi connectivity index (χ3n) is 0.639. The minimum Gasteiger partial charge on any atom is -0.372 e. The molecule has 1 radical (unpaired) electrons. The van der Waals surface area contributed by atoms with Crippen molar-refractivity contribution in [2.45, 2.75) is 6.36 Å². The Morgan fingerprint density at radius 3 is 2.70 bits per heavy atom. The van der Waals surface area contributed by atoms with Crippen LogP contribution < -0.4 is 4.74 Å². The Kier molecular flexibility index (Phi) is 1.52. The molecule has 0 atom stereocenters. The number of alkyl halides is 3. The lowest BCUT2D eigenvalue weighted by Crippen LogP contribution is -2.17.